The predicted octanol–water partition coefficient (Wildman–Crippen LogP) is 2.24. The minimum absolute atomic E-state index is 0. The van der Waals surface area contributed by atoms with Crippen molar-refractivity contribution in [2.24, 2.45) is 11.3 Å². The van der Waals surface area contributed by atoms with Gasteiger partial charge in [-0.3, -0.25) is 9.59 Å². The van der Waals surface area contributed by atoms with Crippen LogP contribution in [-0.4, -0.2) is 45.2 Å². The quantitative estimate of drug-likeness (QED) is 0.383. The Bertz CT molecular complexity index is 250. The Kier molecular flexibility index (Phi) is 10.7. The molecule has 0 fully saturated rings. The van der Waals surface area contributed by atoms with Gasteiger partial charge in [0.15, 0.2) is 5.41 Å². The predicted molar refractivity (Wildman–Crippen MR) is 74.5 cm³/mol. The van der Waals surface area contributed by atoms with E-state index in [9.17, 15) is 19.8 Å². The summed E-state index contributed by atoms with van der Waals surface area (Å²) >= 11 is 0. The van der Waals surface area contributed by atoms with E-state index in [0.29, 0.717) is 6.42 Å². The molecule has 0 heterocycles. The molecule has 0 aromatic rings. The van der Waals surface area contributed by atoms with Gasteiger partial charge in [-0.05, 0) is 12.3 Å². The van der Waals surface area contributed by atoms with Gasteiger partial charge in [0.2, 0.25) is 0 Å². The lowest BCUT2D eigenvalue weighted by Gasteiger charge is -2.28. The summed E-state index contributed by atoms with van der Waals surface area (Å²) in [5.74, 6) is -2.82. The van der Waals surface area contributed by atoms with Crippen LogP contribution in [0.5, 0.6) is 0 Å². The van der Waals surface area contributed by atoms with Crippen molar-refractivity contribution in [2.45, 2.75) is 59.3 Å². The Balaban J connectivity index is 0. The van der Waals surface area contributed by atoms with E-state index in [2.05, 4.69) is 6.92 Å². The third kappa shape index (κ3) is 5.14. The van der Waals surface area contributed by atoms with Gasteiger partial charge >= 0.3 is 35.0 Å². The van der Waals surface area contributed by atoms with Crippen molar-refractivity contribution in [1.82, 2.24) is 0 Å². The molecule has 0 spiro atoms. The molecular formula is C13H26MgO4. The van der Waals surface area contributed by atoms with E-state index in [1.54, 1.807) is 13.8 Å². The molecule has 0 aliphatic rings. The summed E-state index contributed by atoms with van der Waals surface area (Å²) in [7, 11) is 0. The molecule has 0 saturated carbocycles. The summed E-state index contributed by atoms with van der Waals surface area (Å²) in [4.78, 5) is 22.5. The van der Waals surface area contributed by atoms with Crippen LogP contribution in [0.4, 0.5) is 0 Å². The second kappa shape index (κ2) is 9.61. The third-order valence-corrected chi connectivity index (χ3v) is 3.42. The summed E-state index contributed by atoms with van der Waals surface area (Å²) in [5, 5.41) is 18.4. The summed E-state index contributed by atoms with van der Waals surface area (Å²) < 4.78 is 0. The molecule has 104 valence electrons. The average Bonchev–Trinajstić information content (AvgIpc) is 2.21. The van der Waals surface area contributed by atoms with Crippen LogP contribution in [0.2, 0.25) is 0 Å². The molecule has 5 heteroatoms. The molecular weight excluding hydrogens is 244 g/mol. The largest absolute Gasteiger partial charge is 0.480 e. The van der Waals surface area contributed by atoms with E-state index in [0.717, 1.165) is 25.7 Å². The Morgan fingerprint density at radius 3 is 1.78 bits per heavy atom. The SMILES string of the molecule is CCCCCCCC(C(=O)O)(C(=O)O)C(C)C.[MgH2]. The number of carbonyl (C=O) groups is 2. The molecule has 0 bridgehead atoms. The number of carboxylic acids is 2. The van der Waals surface area contributed by atoms with E-state index in [1.807, 2.05) is 0 Å². The molecule has 0 saturated heterocycles. The van der Waals surface area contributed by atoms with Crippen LogP contribution in [-0.2, 0) is 9.59 Å². The zero-order chi connectivity index (χ0) is 13.5. The molecule has 0 aromatic carbocycles. The van der Waals surface area contributed by atoms with Crippen LogP contribution in [0.3, 0.4) is 0 Å². The fraction of sp³-hybridized carbons (Fsp3) is 0.846. The normalized spacial score (nSPS) is 11.1. The van der Waals surface area contributed by atoms with Crippen molar-refractivity contribution in [3.63, 3.8) is 0 Å². The maximum Gasteiger partial charge on any atom is 0.321 e. The van der Waals surface area contributed by atoms with Gasteiger partial charge in [0.05, 0.1) is 0 Å². The highest BCUT2D eigenvalue weighted by atomic mass is 24.3. The maximum atomic E-state index is 11.2. The highest BCUT2D eigenvalue weighted by molar-refractivity contribution is 5.98. The van der Waals surface area contributed by atoms with E-state index >= 15 is 0 Å². The molecule has 0 atom stereocenters. The molecule has 0 radical (unpaired) electrons. The highest BCUT2D eigenvalue weighted by Gasteiger charge is 2.48. The number of hydrogen-bond acceptors (Lipinski definition) is 2. The second-order valence-electron chi connectivity index (χ2n) is 4.90. The monoisotopic (exact) mass is 270 g/mol. The number of carboxylic acid groups (broad SMARTS) is 2. The van der Waals surface area contributed by atoms with E-state index in [-0.39, 0.29) is 29.5 Å². The molecule has 0 rings (SSSR count). The summed E-state index contributed by atoms with van der Waals surface area (Å²) in [6.45, 7) is 5.43. The first-order chi connectivity index (χ1) is 7.89. The second-order valence-corrected chi connectivity index (χ2v) is 4.90. The van der Waals surface area contributed by atoms with Crippen molar-refractivity contribution in [3.05, 3.63) is 0 Å². The molecule has 0 aliphatic carbocycles. The Hall–Kier alpha value is -0.294. The standard InChI is InChI=1S/C13H24O4.Mg.2H/c1-4-5-6-7-8-9-13(10(2)3,11(14)15)12(16)17;;;/h10H,4-9H2,1-3H3,(H,14,15)(H,16,17);;;. The van der Waals surface area contributed by atoms with Gasteiger partial charge in [0.1, 0.15) is 0 Å². The van der Waals surface area contributed by atoms with E-state index < -0.39 is 23.3 Å². The third-order valence-electron chi connectivity index (χ3n) is 3.42. The number of rotatable bonds is 9. The highest BCUT2D eigenvalue weighted by Crippen LogP contribution is 2.34. The van der Waals surface area contributed by atoms with Crippen LogP contribution in [0, 0.1) is 11.3 Å². The Morgan fingerprint density at radius 2 is 1.44 bits per heavy atom. The Morgan fingerprint density at radius 1 is 1.00 bits per heavy atom. The summed E-state index contributed by atoms with van der Waals surface area (Å²) in [6, 6.07) is 0. The molecule has 0 aliphatic heterocycles. The smallest absolute Gasteiger partial charge is 0.321 e. The molecule has 0 aromatic heterocycles. The first-order valence-corrected chi connectivity index (χ1v) is 6.36. The minimum atomic E-state index is -1.62. The van der Waals surface area contributed by atoms with Gasteiger partial charge in [-0.25, -0.2) is 0 Å². The van der Waals surface area contributed by atoms with Gasteiger partial charge in [0, 0.05) is 0 Å². The number of hydrogen-bond donors (Lipinski definition) is 2. The van der Waals surface area contributed by atoms with E-state index in [1.165, 1.54) is 0 Å². The first kappa shape index (κ1) is 20.0. The maximum absolute atomic E-state index is 11.2. The van der Waals surface area contributed by atoms with Crippen LogP contribution >= 0.6 is 0 Å². The lowest BCUT2D eigenvalue weighted by Crippen LogP contribution is -2.43. The molecule has 18 heavy (non-hydrogen) atoms. The van der Waals surface area contributed by atoms with Crippen molar-refractivity contribution in [1.29, 1.82) is 0 Å². The van der Waals surface area contributed by atoms with Crippen LogP contribution in [0.25, 0.3) is 0 Å². The number of unbranched alkanes of at least 4 members (excludes halogenated alkanes) is 4. The van der Waals surface area contributed by atoms with Crippen molar-refractivity contribution in [3.8, 4) is 0 Å². The van der Waals surface area contributed by atoms with Gasteiger partial charge in [-0.15, -0.1) is 0 Å². The topological polar surface area (TPSA) is 74.6 Å². The number of aliphatic carboxylic acids is 2. The summed E-state index contributed by atoms with van der Waals surface area (Å²) in [5.41, 5.74) is -1.62. The molecule has 0 amide bonds. The van der Waals surface area contributed by atoms with Crippen molar-refractivity contribution in [2.75, 3.05) is 0 Å². The molecule has 4 nitrogen and oxygen atoms in total. The lowest BCUT2D eigenvalue weighted by molar-refractivity contribution is -0.169. The molecule has 0 unspecified atom stereocenters. The van der Waals surface area contributed by atoms with Crippen LogP contribution < -0.4 is 0 Å². The lowest BCUT2D eigenvalue weighted by atomic mass is 9.73. The first-order valence-electron chi connectivity index (χ1n) is 6.36. The fourth-order valence-electron chi connectivity index (χ4n) is 2.10. The zero-order valence-electron chi connectivity index (χ0n) is 11.0. The van der Waals surface area contributed by atoms with Crippen LogP contribution in [0.15, 0.2) is 0 Å². The zero-order valence-corrected chi connectivity index (χ0v) is 11.0. The van der Waals surface area contributed by atoms with Crippen LogP contribution in [0.1, 0.15) is 59.3 Å². The van der Waals surface area contributed by atoms with Gasteiger partial charge in [0.25, 0.3) is 0 Å². The van der Waals surface area contributed by atoms with Gasteiger partial charge in [-0.1, -0.05) is 52.9 Å². The Labute approximate surface area is 125 Å². The minimum Gasteiger partial charge on any atom is -0.480 e. The van der Waals surface area contributed by atoms with Gasteiger partial charge < -0.3 is 10.2 Å². The average molecular weight is 271 g/mol. The van der Waals surface area contributed by atoms with Crippen molar-refractivity contribution < 1.29 is 19.8 Å². The van der Waals surface area contributed by atoms with Crippen molar-refractivity contribution >= 4 is 35.0 Å². The summed E-state index contributed by atoms with van der Waals surface area (Å²) in [6.07, 6.45) is 5.07. The fourth-order valence-corrected chi connectivity index (χ4v) is 2.10. The van der Waals surface area contributed by atoms with E-state index in [4.69, 9.17) is 0 Å². The van der Waals surface area contributed by atoms with Gasteiger partial charge in [-0.2, -0.15) is 0 Å². The molecule has 2 N–H and O–H groups in total.